The molecule has 0 aliphatic heterocycles. The number of ketones is 1. The summed E-state index contributed by atoms with van der Waals surface area (Å²) in [6, 6.07) is 22.7. The Morgan fingerprint density at radius 1 is 0.659 bits per heavy atom. The number of pyridine rings is 2. The quantitative estimate of drug-likeness (QED) is 0.183. The van der Waals surface area contributed by atoms with Crippen molar-refractivity contribution in [3.8, 4) is 11.5 Å². The molecule has 0 aliphatic carbocycles. The number of aromatic hydroxyl groups is 2. The molecule has 4 N–H and O–H groups in total. The van der Waals surface area contributed by atoms with Gasteiger partial charge in [-0.25, -0.2) is 0 Å². The van der Waals surface area contributed by atoms with E-state index in [2.05, 4.69) is 9.97 Å². The van der Waals surface area contributed by atoms with E-state index in [9.17, 15) is 30.0 Å². The van der Waals surface area contributed by atoms with Crippen molar-refractivity contribution in [1.82, 2.24) is 19.8 Å². The van der Waals surface area contributed by atoms with Gasteiger partial charge < -0.3 is 20.4 Å². The summed E-state index contributed by atoms with van der Waals surface area (Å²) < 4.78 is 0. The van der Waals surface area contributed by atoms with E-state index in [0.717, 1.165) is 0 Å². The van der Waals surface area contributed by atoms with Gasteiger partial charge in [-0.05, 0) is 36.4 Å². The van der Waals surface area contributed by atoms with Crippen molar-refractivity contribution in [1.29, 1.82) is 0 Å². The number of benzene rings is 2. The van der Waals surface area contributed by atoms with Crippen LogP contribution in [0.1, 0.15) is 34.6 Å². The highest BCUT2D eigenvalue weighted by molar-refractivity contribution is 5.81. The summed E-state index contributed by atoms with van der Waals surface area (Å²) in [4.78, 5) is 37.1. The molecule has 0 bridgehead atoms. The van der Waals surface area contributed by atoms with Gasteiger partial charge in [0, 0.05) is 36.6 Å². The lowest BCUT2D eigenvalue weighted by Crippen LogP contribution is -2.44. The first kappa shape index (κ1) is 29.3. The largest absolute Gasteiger partial charge is 0.508 e. The summed E-state index contributed by atoms with van der Waals surface area (Å²) in [5.74, 6) is -1.53. The van der Waals surface area contributed by atoms with Crippen molar-refractivity contribution >= 4 is 11.8 Å². The van der Waals surface area contributed by atoms with Gasteiger partial charge in [-0.15, -0.1) is 0 Å². The van der Waals surface area contributed by atoms with Gasteiger partial charge in [0.25, 0.3) is 0 Å². The molecule has 2 aromatic carbocycles. The number of carbonyl (C=O) groups excluding carboxylic acids is 1. The molecule has 0 radical (unpaired) electrons. The maximum atomic E-state index is 12.6. The number of hydrogen-bond acceptors (Lipinski definition) is 9. The van der Waals surface area contributed by atoms with Crippen LogP contribution < -0.4 is 0 Å². The molecular weight excluding hydrogens is 524 g/mol. The number of rotatable bonds is 14. The topological polar surface area (TPSA) is 147 Å². The number of carbonyl (C=O) groups is 2. The number of aromatic nitrogens is 2. The zero-order valence-corrected chi connectivity index (χ0v) is 22.3. The second-order valence-electron chi connectivity index (χ2n) is 9.46. The molecule has 2 heterocycles. The minimum absolute atomic E-state index is 0.00700. The third kappa shape index (κ3) is 7.52. The van der Waals surface area contributed by atoms with Gasteiger partial charge in [0.2, 0.25) is 0 Å². The normalized spacial score (nSPS) is 12.8. The average Bonchev–Trinajstić information content (AvgIpc) is 2.98. The Bertz CT molecular complexity index is 1440. The molecule has 2 aromatic heterocycles. The van der Waals surface area contributed by atoms with E-state index in [4.69, 9.17) is 0 Å². The van der Waals surface area contributed by atoms with E-state index in [-0.39, 0.29) is 37.7 Å². The zero-order chi connectivity index (χ0) is 29.2. The third-order valence-corrected chi connectivity index (χ3v) is 6.70. The van der Waals surface area contributed by atoms with Crippen LogP contribution in [0.2, 0.25) is 0 Å². The highest BCUT2D eigenvalue weighted by atomic mass is 16.4. The van der Waals surface area contributed by atoms with Crippen LogP contribution in [0.3, 0.4) is 0 Å². The number of phenolic OH excluding ortho intramolecular Hbond substituents is 2. The smallest absolute Gasteiger partial charge is 0.317 e. The van der Waals surface area contributed by atoms with Crippen molar-refractivity contribution in [2.75, 3.05) is 32.8 Å². The molecule has 4 aromatic rings. The SMILES string of the molecule is O=C(O)CN(CCN(CC(=O)CO)[C@H](c1ccccn1)c1ccccc1O)C(c1ccccn1)c1ccccc1O. The lowest BCUT2D eigenvalue weighted by atomic mass is 9.98. The van der Waals surface area contributed by atoms with Gasteiger partial charge in [0.1, 0.15) is 18.1 Å². The van der Waals surface area contributed by atoms with Crippen LogP contribution in [0.5, 0.6) is 11.5 Å². The Morgan fingerprint density at radius 2 is 1.10 bits per heavy atom. The lowest BCUT2D eigenvalue weighted by Gasteiger charge is -2.36. The third-order valence-electron chi connectivity index (χ3n) is 6.70. The number of phenols is 2. The summed E-state index contributed by atoms with van der Waals surface area (Å²) in [7, 11) is 0. The number of aliphatic hydroxyl groups is 1. The minimum atomic E-state index is -1.08. The summed E-state index contributed by atoms with van der Waals surface area (Å²) in [5, 5.41) is 41.0. The maximum Gasteiger partial charge on any atom is 0.317 e. The molecule has 0 saturated carbocycles. The highest BCUT2D eigenvalue weighted by Crippen LogP contribution is 2.35. The molecule has 0 fully saturated rings. The van der Waals surface area contributed by atoms with Crippen molar-refractivity contribution in [3.63, 3.8) is 0 Å². The molecule has 0 spiro atoms. The van der Waals surface area contributed by atoms with Crippen LogP contribution in [-0.2, 0) is 9.59 Å². The van der Waals surface area contributed by atoms with Gasteiger partial charge in [-0.2, -0.15) is 0 Å². The van der Waals surface area contributed by atoms with E-state index in [1.54, 1.807) is 101 Å². The van der Waals surface area contributed by atoms with Gasteiger partial charge >= 0.3 is 5.97 Å². The number of hydrogen-bond donors (Lipinski definition) is 4. The number of nitrogens with zero attached hydrogens (tertiary/aromatic N) is 4. The number of aliphatic hydroxyl groups excluding tert-OH is 1. The number of carboxylic acids is 1. The molecule has 0 aliphatic rings. The van der Waals surface area contributed by atoms with Crippen LogP contribution in [0.15, 0.2) is 97.3 Å². The van der Waals surface area contributed by atoms with E-state index in [0.29, 0.717) is 22.5 Å². The number of Topliss-reactive ketones (excluding diaryl/α,β-unsaturated/α-hetero) is 1. The van der Waals surface area contributed by atoms with Gasteiger partial charge in [-0.3, -0.25) is 29.4 Å². The Balaban J connectivity index is 1.77. The van der Waals surface area contributed by atoms with Crippen LogP contribution in [0, 0.1) is 0 Å². The molecule has 2 atom stereocenters. The Labute approximate surface area is 237 Å². The van der Waals surface area contributed by atoms with E-state index < -0.39 is 30.4 Å². The molecule has 41 heavy (non-hydrogen) atoms. The van der Waals surface area contributed by atoms with Crippen LogP contribution in [0.25, 0.3) is 0 Å². The minimum Gasteiger partial charge on any atom is -0.508 e. The lowest BCUT2D eigenvalue weighted by molar-refractivity contribution is -0.139. The molecule has 0 amide bonds. The number of para-hydroxylation sites is 2. The standard InChI is InChI=1S/C31H32N4O6/c36-21-22(37)19-34(30(25-11-5-7-15-32-25)23-9-1-3-13-27(23)38)17-18-35(20-29(40)41)31(26-12-6-8-16-33-26)24-10-2-4-14-28(24)39/h1-16,30-31,36,38-39H,17-21H2,(H,40,41)/t30-,31?/m0/s1. The Kier molecular flexibility index (Phi) is 10.1. The van der Waals surface area contributed by atoms with Gasteiger partial charge in [0.05, 0.1) is 36.6 Å². The second kappa shape index (κ2) is 14.1. The highest BCUT2D eigenvalue weighted by Gasteiger charge is 2.31. The maximum absolute atomic E-state index is 12.6. The second-order valence-corrected chi connectivity index (χ2v) is 9.46. The van der Waals surface area contributed by atoms with E-state index in [1.807, 2.05) is 0 Å². The molecular formula is C31H32N4O6. The first-order valence-electron chi connectivity index (χ1n) is 13.1. The predicted molar refractivity (Wildman–Crippen MR) is 151 cm³/mol. The van der Waals surface area contributed by atoms with Crippen molar-refractivity contribution in [3.05, 3.63) is 120 Å². The monoisotopic (exact) mass is 556 g/mol. The fraction of sp³-hybridized carbons (Fsp3) is 0.226. The van der Waals surface area contributed by atoms with Crippen molar-refractivity contribution in [2.45, 2.75) is 12.1 Å². The Morgan fingerprint density at radius 3 is 1.49 bits per heavy atom. The van der Waals surface area contributed by atoms with Gasteiger partial charge in [-0.1, -0.05) is 48.5 Å². The molecule has 10 heteroatoms. The Hall–Kier alpha value is -4.64. The van der Waals surface area contributed by atoms with E-state index >= 15 is 0 Å². The van der Waals surface area contributed by atoms with E-state index in [1.165, 1.54) is 6.07 Å². The van der Waals surface area contributed by atoms with Crippen molar-refractivity contribution < 1.29 is 30.0 Å². The molecule has 212 valence electrons. The first-order chi connectivity index (χ1) is 19.9. The fourth-order valence-electron chi connectivity index (χ4n) is 4.91. The van der Waals surface area contributed by atoms with Gasteiger partial charge in [0.15, 0.2) is 5.78 Å². The van der Waals surface area contributed by atoms with Crippen LogP contribution in [-0.4, -0.2) is 84.7 Å². The van der Waals surface area contributed by atoms with Crippen molar-refractivity contribution in [2.24, 2.45) is 0 Å². The zero-order valence-electron chi connectivity index (χ0n) is 22.3. The van der Waals surface area contributed by atoms with Crippen LogP contribution >= 0.6 is 0 Å². The summed E-state index contributed by atoms with van der Waals surface area (Å²) >= 11 is 0. The van der Waals surface area contributed by atoms with Crippen LogP contribution in [0.4, 0.5) is 0 Å². The first-order valence-corrected chi connectivity index (χ1v) is 13.1. The summed E-state index contributed by atoms with van der Waals surface area (Å²) in [6.07, 6.45) is 3.21. The predicted octanol–water partition coefficient (Wildman–Crippen LogP) is 3.02. The summed E-state index contributed by atoms with van der Waals surface area (Å²) in [6.45, 7) is -0.984. The number of carboxylic acid groups (broad SMARTS) is 1. The molecule has 1 unspecified atom stereocenters. The molecule has 0 saturated heterocycles. The molecule has 10 nitrogen and oxygen atoms in total. The average molecular weight is 557 g/mol. The summed E-state index contributed by atoms with van der Waals surface area (Å²) in [5.41, 5.74) is 2.08. The fourth-order valence-corrected chi connectivity index (χ4v) is 4.91. The number of aliphatic carboxylic acids is 1. The molecule has 4 rings (SSSR count).